The van der Waals surface area contributed by atoms with Crippen LogP contribution in [-0.2, 0) is 0 Å². The second-order valence-electron chi connectivity index (χ2n) is 4.01. The van der Waals surface area contributed by atoms with E-state index >= 15 is 0 Å². The first-order valence-corrected chi connectivity index (χ1v) is 5.59. The lowest BCUT2D eigenvalue weighted by molar-refractivity contribution is 0.415. The number of rotatable bonds is 4. The Hall–Kier alpha value is -2.30. The zero-order chi connectivity index (χ0) is 13.0. The van der Waals surface area contributed by atoms with Gasteiger partial charge in [0.1, 0.15) is 23.7 Å². The van der Waals surface area contributed by atoms with Crippen LogP contribution in [0.2, 0.25) is 0 Å². The van der Waals surface area contributed by atoms with Crippen molar-refractivity contribution >= 4 is 17.3 Å². The van der Waals surface area contributed by atoms with Gasteiger partial charge in [-0.2, -0.15) is 0 Å². The van der Waals surface area contributed by atoms with Crippen LogP contribution in [0, 0.1) is 0 Å². The number of ether oxygens (including phenoxy) is 1. The quantitative estimate of drug-likeness (QED) is 0.894. The second-order valence-corrected chi connectivity index (χ2v) is 4.01. The van der Waals surface area contributed by atoms with Gasteiger partial charge in [-0.05, 0) is 24.3 Å². The first-order chi connectivity index (χ1) is 8.69. The molecule has 2 aromatic rings. The van der Waals surface area contributed by atoms with E-state index in [0.29, 0.717) is 0 Å². The van der Waals surface area contributed by atoms with Crippen molar-refractivity contribution in [1.29, 1.82) is 0 Å². The average molecular weight is 244 g/mol. The third kappa shape index (κ3) is 2.88. The molecule has 94 valence electrons. The molecule has 0 atom stereocenters. The first-order valence-electron chi connectivity index (χ1n) is 5.59. The summed E-state index contributed by atoms with van der Waals surface area (Å²) in [6, 6.07) is 9.57. The van der Waals surface area contributed by atoms with Gasteiger partial charge in [-0.3, -0.25) is 0 Å². The normalized spacial score (nSPS) is 9.94. The van der Waals surface area contributed by atoms with Crippen LogP contribution in [0.5, 0.6) is 5.75 Å². The van der Waals surface area contributed by atoms with Crippen molar-refractivity contribution < 1.29 is 4.74 Å². The summed E-state index contributed by atoms with van der Waals surface area (Å²) in [4.78, 5) is 10.3. The minimum Gasteiger partial charge on any atom is -0.497 e. The molecule has 5 nitrogen and oxygen atoms in total. The molecule has 0 aliphatic carbocycles. The summed E-state index contributed by atoms with van der Waals surface area (Å²) in [5.41, 5.74) is 0.958. The molecule has 5 heteroatoms. The molecule has 0 radical (unpaired) electrons. The number of benzene rings is 1. The fourth-order valence-corrected chi connectivity index (χ4v) is 1.48. The Morgan fingerprint density at radius 2 is 1.83 bits per heavy atom. The summed E-state index contributed by atoms with van der Waals surface area (Å²) < 4.78 is 5.11. The number of anilines is 3. The van der Waals surface area contributed by atoms with Crippen molar-refractivity contribution in [2.45, 2.75) is 0 Å². The van der Waals surface area contributed by atoms with Crippen LogP contribution < -0.4 is 15.0 Å². The van der Waals surface area contributed by atoms with Crippen molar-refractivity contribution in [2.24, 2.45) is 0 Å². The minimum absolute atomic E-state index is 0.763. The van der Waals surface area contributed by atoms with E-state index in [0.717, 1.165) is 23.1 Å². The van der Waals surface area contributed by atoms with Crippen LogP contribution in [0.1, 0.15) is 0 Å². The lowest BCUT2D eigenvalue weighted by Gasteiger charge is -2.12. The van der Waals surface area contributed by atoms with Gasteiger partial charge in [-0.15, -0.1) is 0 Å². The smallest absolute Gasteiger partial charge is 0.135 e. The number of nitrogens with zero attached hydrogens (tertiary/aromatic N) is 3. The van der Waals surface area contributed by atoms with Gasteiger partial charge < -0.3 is 15.0 Å². The SMILES string of the molecule is COc1ccc(Nc2cc(N(C)C)ncn2)cc1. The van der Waals surface area contributed by atoms with Gasteiger partial charge in [0.25, 0.3) is 0 Å². The molecule has 0 bridgehead atoms. The highest BCUT2D eigenvalue weighted by Gasteiger charge is 2.01. The second kappa shape index (κ2) is 5.35. The Balaban J connectivity index is 2.15. The van der Waals surface area contributed by atoms with Crippen LogP contribution >= 0.6 is 0 Å². The standard InChI is InChI=1S/C13H16N4O/c1-17(2)13-8-12(14-9-15-13)16-10-4-6-11(18-3)7-5-10/h4-9H,1-3H3,(H,14,15,16). The third-order valence-corrected chi connectivity index (χ3v) is 2.47. The van der Waals surface area contributed by atoms with E-state index in [2.05, 4.69) is 15.3 Å². The lowest BCUT2D eigenvalue weighted by atomic mass is 10.3. The molecule has 0 saturated heterocycles. The molecule has 1 aromatic carbocycles. The van der Waals surface area contributed by atoms with Crippen LogP contribution in [0.25, 0.3) is 0 Å². The predicted octanol–water partition coefficient (Wildman–Crippen LogP) is 2.29. The highest BCUT2D eigenvalue weighted by Crippen LogP contribution is 2.20. The minimum atomic E-state index is 0.763. The molecule has 1 aromatic heterocycles. The van der Waals surface area contributed by atoms with E-state index in [4.69, 9.17) is 4.74 Å². The number of aromatic nitrogens is 2. The summed E-state index contributed by atoms with van der Waals surface area (Å²) in [6.45, 7) is 0. The van der Waals surface area contributed by atoms with E-state index < -0.39 is 0 Å². The fourth-order valence-electron chi connectivity index (χ4n) is 1.48. The monoisotopic (exact) mass is 244 g/mol. The predicted molar refractivity (Wildman–Crippen MR) is 72.6 cm³/mol. The molecule has 1 N–H and O–H groups in total. The summed E-state index contributed by atoms with van der Waals surface area (Å²) in [6.07, 6.45) is 1.54. The van der Waals surface area contributed by atoms with Gasteiger partial charge >= 0.3 is 0 Å². The number of hydrogen-bond acceptors (Lipinski definition) is 5. The molecule has 0 saturated carbocycles. The summed E-state index contributed by atoms with van der Waals surface area (Å²) in [5, 5.41) is 3.22. The van der Waals surface area contributed by atoms with Gasteiger partial charge in [0.15, 0.2) is 0 Å². The van der Waals surface area contributed by atoms with E-state index in [1.54, 1.807) is 13.4 Å². The van der Waals surface area contributed by atoms with Crippen LogP contribution in [0.3, 0.4) is 0 Å². The van der Waals surface area contributed by atoms with Gasteiger partial charge in [-0.25, -0.2) is 9.97 Å². The van der Waals surface area contributed by atoms with Crippen molar-refractivity contribution in [1.82, 2.24) is 9.97 Å². The summed E-state index contributed by atoms with van der Waals surface area (Å²) in [7, 11) is 5.54. The zero-order valence-corrected chi connectivity index (χ0v) is 10.7. The number of nitrogens with one attached hydrogen (secondary N) is 1. The Morgan fingerprint density at radius 1 is 1.11 bits per heavy atom. The van der Waals surface area contributed by atoms with E-state index in [9.17, 15) is 0 Å². The largest absolute Gasteiger partial charge is 0.497 e. The molecular weight excluding hydrogens is 228 g/mol. The van der Waals surface area contributed by atoms with Crippen molar-refractivity contribution in [3.05, 3.63) is 36.7 Å². The molecule has 0 amide bonds. The molecular formula is C13H16N4O. The van der Waals surface area contributed by atoms with Gasteiger partial charge in [-0.1, -0.05) is 0 Å². The topological polar surface area (TPSA) is 50.3 Å². The van der Waals surface area contributed by atoms with E-state index in [1.165, 1.54) is 0 Å². The van der Waals surface area contributed by atoms with Crippen molar-refractivity contribution in [3.63, 3.8) is 0 Å². The van der Waals surface area contributed by atoms with Gasteiger partial charge in [0, 0.05) is 25.8 Å². The highest BCUT2D eigenvalue weighted by atomic mass is 16.5. The Morgan fingerprint density at radius 3 is 2.44 bits per heavy atom. The maximum absolute atomic E-state index is 5.11. The average Bonchev–Trinajstić information content (AvgIpc) is 2.40. The maximum atomic E-state index is 5.11. The molecule has 0 aliphatic rings. The van der Waals surface area contributed by atoms with E-state index in [1.807, 2.05) is 49.3 Å². The maximum Gasteiger partial charge on any atom is 0.135 e. The van der Waals surface area contributed by atoms with E-state index in [-0.39, 0.29) is 0 Å². The van der Waals surface area contributed by atoms with Crippen molar-refractivity contribution in [3.8, 4) is 5.75 Å². The molecule has 0 aliphatic heterocycles. The fraction of sp³-hybridized carbons (Fsp3) is 0.231. The third-order valence-electron chi connectivity index (χ3n) is 2.47. The highest BCUT2D eigenvalue weighted by molar-refractivity contribution is 5.59. The number of hydrogen-bond donors (Lipinski definition) is 1. The number of methoxy groups -OCH3 is 1. The molecule has 0 fully saturated rings. The van der Waals surface area contributed by atoms with Gasteiger partial charge in [0.05, 0.1) is 7.11 Å². The molecule has 18 heavy (non-hydrogen) atoms. The van der Waals surface area contributed by atoms with Crippen LogP contribution in [0.15, 0.2) is 36.7 Å². The van der Waals surface area contributed by atoms with Crippen LogP contribution in [-0.4, -0.2) is 31.2 Å². The molecule has 0 spiro atoms. The van der Waals surface area contributed by atoms with Gasteiger partial charge in [0.2, 0.25) is 0 Å². The zero-order valence-electron chi connectivity index (χ0n) is 10.7. The summed E-state index contributed by atoms with van der Waals surface area (Å²) >= 11 is 0. The Kier molecular flexibility index (Phi) is 3.62. The Labute approximate surface area is 106 Å². The lowest BCUT2D eigenvalue weighted by Crippen LogP contribution is -2.11. The molecule has 0 unspecified atom stereocenters. The first kappa shape index (κ1) is 12.2. The summed E-state index contributed by atoms with van der Waals surface area (Å²) in [5.74, 6) is 2.46. The van der Waals surface area contributed by atoms with Crippen LogP contribution in [0.4, 0.5) is 17.3 Å². The van der Waals surface area contributed by atoms with Crippen molar-refractivity contribution in [2.75, 3.05) is 31.4 Å². The molecule has 2 rings (SSSR count). The Bertz CT molecular complexity index is 511. The molecule has 1 heterocycles.